The van der Waals surface area contributed by atoms with Gasteiger partial charge in [0.15, 0.2) is 5.69 Å². The van der Waals surface area contributed by atoms with E-state index < -0.39 is 5.97 Å². The highest BCUT2D eigenvalue weighted by molar-refractivity contribution is 5.88. The fraction of sp³-hybridized carbons (Fsp3) is 0.235. The number of hydrogen-bond donors (Lipinski definition) is 0. The molecular weight excluding hydrogens is 322 g/mol. The highest BCUT2D eigenvalue weighted by Gasteiger charge is 2.18. The van der Waals surface area contributed by atoms with E-state index in [0.29, 0.717) is 23.0 Å². The highest BCUT2D eigenvalue weighted by Crippen LogP contribution is 2.23. The molecule has 3 heterocycles. The molecule has 0 N–H and O–H groups in total. The Morgan fingerprint density at radius 2 is 2.00 bits per heavy atom. The van der Waals surface area contributed by atoms with E-state index >= 15 is 0 Å². The first-order chi connectivity index (χ1) is 12.1. The molecule has 0 saturated heterocycles. The van der Waals surface area contributed by atoms with E-state index in [9.17, 15) is 4.79 Å². The standard InChI is InChI=1S/C17H17N5O3/c1-4-25-17(23)13-7-15(14-10-18-11(2)8-19-14)22(21-13)12-5-6-16(24-3)20-9-12/h5-10H,4H2,1-3H3. The van der Waals surface area contributed by atoms with Crippen molar-refractivity contribution >= 4 is 5.97 Å². The molecule has 0 aliphatic carbocycles. The van der Waals surface area contributed by atoms with Gasteiger partial charge in [-0.3, -0.25) is 9.97 Å². The summed E-state index contributed by atoms with van der Waals surface area (Å²) in [6.07, 6.45) is 4.89. The fourth-order valence-electron chi connectivity index (χ4n) is 2.21. The number of ether oxygens (including phenoxy) is 2. The predicted octanol–water partition coefficient (Wildman–Crippen LogP) is 2.22. The van der Waals surface area contributed by atoms with Gasteiger partial charge in [0.2, 0.25) is 5.88 Å². The minimum absolute atomic E-state index is 0.190. The number of rotatable bonds is 5. The Morgan fingerprint density at radius 1 is 1.16 bits per heavy atom. The molecule has 0 bridgehead atoms. The maximum Gasteiger partial charge on any atom is 0.358 e. The van der Waals surface area contributed by atoms with Crippen molar-refractivity contribution in [3.8, 4) is 23.0 Å². The van der Waals surface area contributed by atoms with Crippen molar-refractivity contribution in [2.45, 2.75) is 13.8 Å². The second-order valence-corrected chi connectivity index (χ2v) is 5.15. The summed E-state index contributed by atoms with van der Waals surface area (Å²) in [5, 5.41) is 4.35. The molecule has 8 heteroatoms. The van der Waals surface area contributed by atoms with Crippen molar-refractivity contribution in [3.63, 3.8) is 0 Å². The molecule has 0 atom stereocenters. The molecule has 0 radical (unpaired) electrons. The summed E-state index contributed by atoms with van der Waals surface area (Å²) in [4.78, 5) is 24.9. The molecule has 3 aromatic heterocycles. The van der Waals surface area contributed by atoms with Gasteiger partial charge in [-0.2, -0.15) is 5.10 Å². The van der Waals surface area contributed by atoms with Gasteiger partial charge in [0.1, 0.15) is 5.69 Å². The molecule has 0 aliphatic heterocycles. The van der Waals surface area contributed by atoms with Gasteiger partial charge in [0.25, 0.3) is 0 Å². The molecule has 3 rings (SSSR count). The van der Waals surface area contributed by atoms with Crippen LogP contribution in [-0.2, 0) is 4.74 Å². The fourth-order valence-corrected chi connectivity index (χ4v) is 2.21. The average molecular weight is 339 g/mol. The molecule has 0 amide bonds. The number of pyridine rings is 1. The van der Waals surface area contributed by atoms with Crippen molar-refractivity contribution in [2.24, 2.45) is 0 Å². The second-order valence-electron chi connectivity index (χ2n) is 5.15. The third kappa shape index (κ3) is 3.47. The van der Waals surface area contributed by atoms with Crippen molar-refractivity contribution in [1.29, 1.82) is 0 Å². The molecule has 0 unspecified atom stereocenters. The molecule has 0 saturated carbocycles. The molecule has 8 nitrogen and oxygen atoms in total. The van der Waals surface area contributed by atoms with Crippen LogP contribution in [0.1, 0.15) is 23.1 Å². The number of hydrogen-bond acceptors (Lipinski definition) is 7. The lowest BCUT2D eigenvalue weighted by Gasteiger charge is -2.07. The van der Waals surface area contributed by atoms with E-state index in [0.717, 1.165) is 5.69 Å². The summed E-state index contributed by atoms with van der Waals surface area (Å²) in [7, 11) is 1.54. The Kier molecular flexibility index (Phi) is 4.69. The summed E-state index contributed by atoms with van der Waals surface area (Å²) in [5.41, 5.74) is 2.85. The van der Waals surface area contributed by atoms with Crippen LogP contribution in [0.5, 0.6) is 5.88 Å². The number of aromatic nitrogens is 5. The van der Waals surface area contributed by atoms with E-state index in [1.54, 1.807) is 55.5 Å². The van der Waals surface area contributed by atoms with Gasteiger partial charge in [0.05, 0.1) is 43.2 Å². The smallest absolute Gasteiger partial charge is 0.358 e. The maximum absolute atomic E-state index is 12.1. The van der Waals surface area contributed by atoms with E-state index in [2.05, 4.69) is 20.1 Å². The Hall–Kier alpha value is -3.29. The van der Waals surface area contributed by atoms with Gasteiger partial charge >= 0.3 is 5.97 Å². The van der Waals surface area contributed by atoms with Crippen LogP contribution in [0.2, 0.25) is 0 Å². The zero-order chi connectivity index (χ0) is 17.8. The van der Waals surface area contributed by atoms with Gasteiger partial charge in [-0.15, -0.1) is 0 Å². The van der Waals surface area contributed by atoms with E-state index in [-0.39, 0.29) is 12.3 Å². The lowest BCUT2D eigenvalue weighted by molar-refractivity contribution is 0.0519. The summed E-state index contributed by atoms with van der Waals surface area (Å²) < 4.78 is 11.7. The Labute approximate surface area is 144 Å². The summed E-state index contributed by atoms with van der Waals surface area (Å²) in [6.45, 7) is 3.87. The van der Waals surface area contributed by atoms with Crippen molar-refractivity contribution in [2.75, 3.05) is 13.7 Å². The molecule has 3 aromatic rings. The number of carbonyl (C=O) groups excluding carboxylic acids is 1. The number of methoxy groups -OCH3 is 1. The highest BCUT2D eigenvalue weighted by atomic mass is 16.5. The summed E-state index contributed by atoms with van der Waals surface area (Å²) in [5.74, 6) is -0.0118. The van der Waals surface area contributed by atoms with Crippen LogP contribution in [0.25, 0.3) is 17.1 Å². The molecule has 128 valence electrons. The average Bonchev–Trinajstić information content (AvgIpc) is 3.08. The van der Waals surface area contributed by atoms with Crippen LogP contribution in [-0.4, -0.2) is 44.4 Å². The van der Waals surface area contributed by atoms with Crippen LogP contribution in [0.15, 0.2) is 36.8 Å². The predicted molar refractivity (Wildman–Crippen MR) is 89.6 cm³/mol. The first-order valence-corrected chi connectivity index (χ1v) is 7.69. The van der Waals surface area contributed by atoms with Gasteiger partial charge < -0.3 is 9.47 Å². The van der Waals surface area contributed by atoms with Crippen LogP contribution in [0, 0.1) is 6.92 Å². The first-order valence-electron chi connectivity index (χ1n) is 7.69. The maximum atomic E-state index is 12.1. The Bertz CT molecular complexity index is 872. The molecule has 0 spiro atoms. The molecular formula is C17H17N5O3. The molecule has 0 aromatic carbocycles. The van der Waals surface area contributed by atoms with Gasteiger partial charge in [0, 0.05) is 18.3 Å². The Balaban J connectivity index is 2.10. The monoisotopic (exact) mass is 339 g/mol. The zero-order valence-electron chi connectivity index (χ0n) is 14.1. The quantitative estimate of drug-likeness (QED) is 0.658. The zero-order valence-corrected chi connectivity index (χ0v) is 14.1. The van der Waals surface area contributed by atoms with Crippen molar-refractivity contribution in [1.82, 2.24) is 24.7 Å². The molecule has 0 fully saturated rings. The van der Waals surface area contributed by atoms with Gasteiger partial charge in [-0.05, 0) is 19.9 Å². The SMILES string of the molecule is CCOC(=O)c1cc(-c2cnc(C)cn2)n(-c2ccc(OC)nc2)n1. The van der Waals surface area contributed by atoms with Gasteiger partial charge in [-0.25, -0.2) is 14.5 Å². The normalized spacial score (nSPS) is 10.5. The van der Waals surface area contributed by atoms with Crippen molar-refractivity contribution in [3.05, 3.63) is 48.2 Å². The molecule has 25 heavy (non-hydrogen) atoms. The van der Waals surface area contributed by atoms with E-state index in [4.69, 9.17) is 9.47 Å². The lowest BCUT2D eigenvalue weighted by atomic mass is 10.2. The van der Waals surface area contributed by atoms with Crippen LogP contribution >= 0.6 is 0 Å². The number of carbonyl (C=O) groups is 1. The minimum Gasteiger partial charge on any atom is -0.481 e. The summed E-state index contributed by atoms with van der Waals surface area (Å²) in [6, 6.07) is 5.13. The van der Waals surface area contributed by atoms with Gasteiger partial charge in [-0.1, -0.05) is 0 Å². The number of nitrogens with zero attached hydrogens (tertiary/aromatic N) is 5. The second kappa shape index (κ2) is 7.08. The topological polar surface area (TPSA) is 92.0 Å². The molecule has 0 aliphatic rings. The lowest BCUT2D eigenvalue weighted by Crippen LogP contribution is -2.07. The van der Waals surface area contributed by atoms with E-state index in [1.165, 1.54) is 0 Å². The third-order valence-electron chi connectivity index (χ3n) is 3.41. The van der Waals surface area contributed by atoms with Crippen molar-refractivity contribution < 1.29 is 14.3 Å². The third-order valence-corrected chi connectivity index (χ3v) is 3.41. The largest absolute Gasteiger partial charge is 0.481 e. The van der Waals surface area contributed by atoms with Crippen LogP contribution in [0.4, 0.5) is 0 Å². The number of esters is 1. The van der Waals surface area contributed by atoms with Crippen LogP contribution < -0.4 is 4.74 Å². The van der Waals surface area contributed by atoms with Crippen LogP contribution in [0.3, 0.4) is 0 Å². The number of aryl methyl sites for hydroxylation is 1. The summed E-state index contributed by atoms with van der Waals surface area (Å²) >= 11 is 0. The first kappa shape index (κ1) is 16.6. The van der Waals surface area contributed by atoms with E-state index in [1.807, 2.05) is 6.92 Å². The Morgan fingerprint density at radius 3 is 2.60 bits per heavy atom. The minimum atomic E-state index is -0.496.